The maximum Gasteiger partial charge on any atom is 0.267 e. The van der Waals surface area contributed by atoms with E-state index in [-0.39, 0.29) is 12.5 Å². The molecule has 0 aliphatic rings. The molecule has 0 spiro atoms. The number of carbonyl (C=O) groups is 1. The Bertz CT molecular complexity index is 1160. The molecule has 1 amide bonds. The highest BCUT2D eigenvalue weighted by molar-refractivity contribution is 7.22. The lowest BCUT2D eigenvalue weighted by Gasteiger charge is -2.20. The van der Waals surface area contributed by atoms with E-state index in [1.54, 1.807) is 11.1 Å². The number of amides is 1. The first-order chi connectivity index (χ1) is 14.7. The highest BCUT2D eigenvalue weighted by Crippen LogP contribution is 2.32. The van der Waals surface area contributed by atoms with Crippen LogP contribution < -0.4 is 9.64 Å². The first-order valence-electron chi connectivity index (χ1n) is 9.93. The number of aromatic nitrogens is 2. The molecule has 2 aromatic carbocycles. The van der Waals surface area contributed by atoms with Crippen LogP contribution in [0.3, 0.4) is 0 Å². The molecule has 0 aliphatic heterocycles. The second-order valence-corrected chi connectivity index (χ2v) is 7.98. The van der Waals surface area contributed by atoms with Crippen molar-refractivity contribution in [1.82, 2.24) is 9.97 Å². The number of hydrogen-bond acceptors (Lipinski definition) is 5. The molecule has 0 saturated heterocycles. The largest absolute Gasteiger partial charge is 0.483 e. The van der Waals surface area contributed by atoms with Crippen molar-refractivity contribution >= 4 is 32.6 Å². The van der Waals surface area contributed by atoms with Crippen LogP contribution in [0.2, 0.25) is 0 Å². The van der Waals surface area contributed by atoms with Crippen molar-refractivity contribution in [3.63, 3.8) is 0 Å². The number of carbonyl (C=O) groups excluding carboxylic acids is 1. The van der Waals surface area contributed by atoms with Crippen molar-refractivity contribution in [2.45, 2.75) is 26.8 Å². The number of anilines is 1. The topological polar surface area (TPSA) is 55.3 Å². The lowest BCUT2D eigenvalue weighted by Crippen LogP contribution is -2.34. The summed E-state index contributed by atoms with van der Waals surface area (Å²) in [5.74, 6) is 0.558. The second kappa shape index (κ2) is 9.05. The monoisotopic (exact) mass is 417 g/mol. The fraction of sp³-hybridized carbons (Fsp3) is 0.208. The molecule has 30 heavy (non-hydrogen) atoms. The van der Waals surface area contributed by atoms with Crippen molar-refractivity contribution in [3.8, 4) is 5.75 Å². The molecule has 2 heterocycles. The Kier molecular flexibility index (Phi) is 6.05. The van der Waals surface area contributed by atoms with E-state index in [2.05, 4.69) is 18.0 Å². The summed E-state index contributed by atoms with van der Waals surface area (Å²) in [6.45, 7) is 4.36. The number of rotatable bonds is 7. The predicted octanol–water partition coefficient (Wildman–Crippen LogP) is 5.17. The molecule has 0 N–H and O–H groups in total. The van der Waals surface area contributed by atoms with E-state index in [0.29, 0.717) is 17.4 Å². The van der Waals surface area contributed by atoms with Crippen LogP contribution in [0, 0.1) is 6.92 Å². The summed E-state index contributed by atoms with van der Waals surface area (Å²) in [7, 11) is 0. The average molecular weight is 418 g/mol. The number of benzene rings is 2. The van der Waals surface area contributed by atoms with Crippen LogP contribution in [0.5, 0.6) is 5.75 Å². The molecule has 0 atom stereocenters. The first-order valence-corrected chi connectivity index (χ1v) is 10.7. The van der Waals surface area contributed by atoms with Crippen molar-refractivity contribution < 1.29 is 9.53 Å². The Balaban J connectivity index is 1.64. The molecule has 152 valence electrons. The van der Waals surface area contributed by atoms with Crippen LogP contribution in [-0.2, 0) is 17.8 Å². The van der Waals surface area contributed by atoms with Gasteiger partial charge in [0.25, 0.3) is 5.91 Å². The summed E-state index contributed by atoms with van der Waals surface area (Å²) < 4.78 is 6.90. The standard InChI is InChI=1S/C24H23N3O2S/c1-3-18-10-8-13-21-23(18)26-24(30-21)27(15-19-11-6-7-14-25-19)22(28)16-29-20-12-5-4-9-17(20)2/h4-14H,3,15-16H2,1-2H3. The van der Waals surface area contributed by atoms with Crippen molar-refractivity contribution in [3.05, 3.63) is 83.7 Å². The van der Waals surface area contributed by atoms with Crippen molar-refractivity contribution in [2.24, 2.45) is 0 Å². The molecule has 2 aromatic heterocycles. The van der Waals surface area contributed by atoms with Gasteiger partial charge in [0.15, 0.2) is 11.7 Å². The number of hydrogen-bond donors (Lipinski definition) is 0. The van der Waals surface area contributed by atoms with E-state index >= 15 is 0 Å². The van der Waals surface area contributed by atoms with E-state index in [1.165, 1.54) is 16.9 Å². The molecule has 4 aromatic rings. The van der Waals surface area contributed by atoms with Crippen LogP contribution in [0.15, 0.2) is 66.9 Å². The van der Waals surface area contributed by atoms with Gasteiger partial charge >= 0.3 is 0 Å². The van der Waals surface area contributed by atoms with Crippen LogP contribution in [0.1, 0.15) is 23.7 Å². The van der Waals surface area contributed by atoms with E-state index in [0.717, 1.165) is 27.9 Å². The quantitative estimate of drug-likeness (QED) is 0.416. The molecule has 0 fully saturated rings. The van der Waals surface area contributed by atoms with Gasteiger partial charge in [-0.2, -0.15) is 0 Å². The summed E-state index contributed by atoms with van der Waals surface area (Å²) in [5, 5.41) is 0.662. The Morgan fingerprint density at radius 3 is 2.67 bits per heavy atom. The minimum absolute atomic E-state index is 0.0613. The fourth-order valence-corrected chi connectivity index (χ4v) is 4.28. The molecule has 0 radical (unpaired) electrons. The lowest BCUT2D eigenvalue weighted by molar-refractivity contribution is -0.120. The Morgan fingerprint density at radius 1 is 1.07 bits per heavy atom. The zero-order valence-corrected chi connectivity index (χ0v) is 17.9. The molecule has 0 unspecified atom stereocenters. The molecule has 6 heteroatoms. The molecule has 4 rings (SSSR count). The van der Waals surface area contributed by atoms with Gasteiger partial charge in [-0.3, -0.25) is 14.7 Å². The number of para-hydroxylation sites is 2. The van der Waals surface area contributed by atoms with E-state index < -0.39 is 0 Å². The zero-order chi connectivity index (χ0) is 20.9. The maximum atomic E-state index is 13.2. The maximum absolute atomic E-state index is 13.2. The number of aryl methyl sites for hydroxylation is 2. The van der Waals surface area contributed by atoms with Crippen LogP contribution >= 0.6 is 11.3 Å². The summed E-state index contributed by atoms with van der Waals surface area (Å²) in [4.78, 5) is 24.1. The summed E-state index contributed by atoms with van der Waals surface area (Å²) >= 11 is 1.52. The normalized spacial score (nSPS) is 10.9. The highest BCUT2D eigenvalue weighted by Gasteiger charge is 2.22. The summed E-state index contributed by atoms with van der Waals surface area (Å²) in [6.07, 6.45) is 2.63. The first kappa shape index (κ1) is 20.0. The third-order valence-electron chi connectivity index (χ3n) is 4.90. The fourth-order valence-electron chi connectivity index (χ4n) is 3.25. The van der Waals surface area contributed by atoms with Crippen LogP contribution in [0.4, 0.5) is 5.13 Å². The molecule has 5 nitrogen and oxygen atoms in total. The smallest absolute Gasteiger partial charge is 0.267 e. The SMILES string of the molecule is CCc1cccc2sc(N(Cc3ccccn3)C(=O)COc3ccccc3C)nc12. The lowest BCUT2D eigenvalue weighted by atomic mass is 10.1. The number of thiazole rings is 1. The van der Waals surface area contributed by atoms with Crippen LogP contribution in [-0.4, -0.2) is 22.5 Å². The summed E-state index contributed by atoms with van der Waals surface area (Å²) in [6, 6.07) is 19.5. The minimum atomic E-state index is -0.152. The number of fused-ring (bicyclic) bond motifs is 1. The van der Waals surface area contributed by atoms with E-state index in [4.69, 9.17) is 9.72 Å². The Morgan fingerprint density at radius 2 is 1.90 bits per heavy atom. The van der Waals surface area contributed by atoms with Gasteiger partial charge < -0.3 is 4.74 Å². The molecular formula is C24H23N3O2S. The molecular weight excluding hydrogens is 394 g/mol. The van der Waals surface area contributed by atoms with Crippen molar-refractivity contribution in [1.29, 1.82) is 0 Å². The highest BCUT2D eigenvalue weighted by atomic mass is 32.1. The van der Waals surface area contributed by atoms with Gasteiger partial charge in [0.05, 0.1) is 22.5 Å². The van der Waals surface area contributed by atoms with Gasteiger partial charge in [-0.1, -0.05) is 54.7 Å². The summed E-state index contributed by atoms with van der Waals surface area (Å²) in [5.41, 5.74) is 3.93. The van der Waals surface area contributed by atoms with Crippen molar-refractivity contribution in [2.75, 3.05) is 11.5 Å². The van der Waals surface area contributed by atoms with Gasteiger partial charge in [0.1, 0.15) is 5.75 Å². The zero-order valence-electron chi connectivity index (χ0n) is 17.0. The third-order valence-corrected chi connectivity index (χ3v) is 5.94. The Labute approximate surface area is 180 Å². The van der Waals surface area contributed by atoms with Gasteiger partial charge in [-0.25, -0.2) is 4.98 Å². The van der Waals surface area contributed by atoms with E-state index in [9.17, 15) is 4.79 Å². The second-order valence-electron chi connectivity index (χ2n) is 6.97. The van der Waals surface area contributed by atoms with Gasteiger partial charge in [-0.15, -0.1) is 0 Å². The average Bonchev–Trinajstić information content (AvgIpc) is 3.21. The van der Waals surface area contributed by atoms with Crippen LogP contribution in [0.25, 0.3) is 10.2 Å². The Hall–Kier alpha value is -3.25. The van der Waals surface area contributed by atoms with E-state index in [1.807, 2.05) is 61.5 Å². The predicted molar refractivity (Wildman–Crippen MR) is 121 cm³/mol. The molecule has 0 bridgehead atoms. The van der Waals surface area contributed by atoms with Gasteiger partial charge in [0, 0.05) is 6.20 Å². The number of nitrogens with zero attached hydrogens (tertiary/aromatic N) is 3. The molecule has 0 aliphatic carbocycles. The molecule has 0 saturated carbocycles. The minimum Gasteiger partial charge on any atom is -0.483 e. The number of pyridine rings is 1. The van der Waals surface area contributed by atoms with Gasteiger partial charge in [-0.05, 0) is 48.7 Å². The third kappa shape index (κ3) is 4.33. The van der Waals surface area contributed by atoms with Gasteiger partial charge in [0.2, 0.25) is 0 Å². The number of ether oxygens (including phenoxy) is 1.